The SMILES string of the molecule is CC(C)(CN)C(=O)OCC1CCCCO1. The van der Waals surface area contributed by atoms with Gasteiger partial charge in [0.15, 0.2) is 0 Å². The first kappa shape index (κ1) is 12.5. The van der Waals surface area contributed by atoms with E-state index in [4.69, 9.17) is 15.2 Å². The summed E-state index contributed by atoms with van der Waals surface area (Å²) in [6, 6.07) is 0. The van der Waals surface area contributed by atoms with Crippen molar-refractivity contribution in [2.75, 3.05) is 19.8 Å². The van der Waals surface area contributed by atoms with Crippen molar-refractivity contribution in [3.8, 4) is 0 Å². The molecule has 88 valence electrons. The molecule has 0 spiro atoms. The van der Waals surface area contributed by atoms with Crippen LogP contribution in [0.25, 0.3) is 0 Å². The number of rotatable bonds is 4. The molecule has 0 radical (unpaired) electrons. The van der Waals surface area contributed by atoms with Crippen LogP contribution in [0.5, 0.6) is 0 Å². The summed E-state index contributed by atoms with van der Waals surface area (Å²) in [7, 11) is 0. The molecule has 2 N–H and O–H groups in total. The molecule has 4 heteroatoms. The molecule has 1 unspecified atom stereocenters. The summed E-state index contributed by atoms with van der Waals surface area (Å²) in [5.41, 5.74) is 4.90. The normalized spacial score (nSPS) is 22.5. The van der Waals surface area contributed by atoms with Gasteiger partial charge in [-0.05, 0) is 33.1 Å². The second kappa shape index (κ2) is 5.47. The molecule has 0 aromatic heterocycles. The third-order valence-electron chi connectivity index (χ3n) is 2.74. The minimum Gasteiger partial charge on any atom is -0.462 e. The van der Waals surface area contributed by atoms with Gasteiger partial charge < -0.3 is 15.2 Å². The molecular formula is C11H21NO3. The Balaban J connectivity index is 2.26. The van der Waals surface area contributed by atoms with Gasteiger partial charge in [-0.25, -0.2) is 0 Å². The third-order valence-corrected chi connectivity index (χ3v) is 2.74. The molecule has 0 aromatic carbocycles. The summed E-state index contributed by atoms with van der Waals surface area (Å²) in [4.78, 5) is 11.6. The lowest BCUT2D eigenvalue weighted by molar-refractivity contribution is -0.158. The Morgan fingerprint density at radius 3 is 2.80 bits per heavy atom. The van der Waals surface area contributed by atoms with E-state index in [9.17, 15) is 4.79 Å². The fourth-order valence-electron chi connectivity index (χ4n) is 1.39. The zero-order chi connectivity index (χ0) is 11.3. The van der Waals surface area contributed by atoms with Gasteiger partial charge >= 0.3 is 5.97 Å². The topological polar surface area (TPSA) is 61.6 Å². The lowest BCUT2D eigenvalue weighted by atomic mass is 9.94. The van der Waals surface area contributed by atoms with Crippen LogP contribution in [0.3, 0.4) is 0 Å². The maximum Gasteiger partial charge on any atom is 0.312 e. The minimum absolute atomic E-state index is 0.0799. The highest BCUT2D eigenvalue weighted by molar-refractivity contribution is 5.76. The predicted octanol–water partition coefficient (Wildman–Crippen LogP) is 1.08. The molecule has 4 nitrogen and oxygen atoms in total. The van der Waals surface area contributed by atoms with Crippen molar-refractivity contribution < 1.29 is 14.3 Å². The van der Waals surface area contributed by atoms with Crippen molar-refractivity contribution in [2.45, 2.75) is 39.2 Å². The second-order valence-electron chi connectivity index (χ2n) is 4.68. The summed E-state index contributed by atoms with van der Waals surface area (Å²) in [6.07, 6.45) is 3.33. The first-order valence-electron chi connectivity index (χ1n) is 5.55. The molecule has 0 saturated carbocycles. The largest absolute Gasteiger partial charge is 0.462 e. The molecule has 1 aliphatic rings. The van der Waals surface area contributed by atoms with E-state index < -0.39 is 5.41 Å². The van der Waals surface area contributed by atoms with Crippen LogP contribution in [-0.2, 0) is 14.3 Å². The maximum atomic E-state index is 11.6. The number of hydrogen-bond donors (Lipinski definition) is 1. The molecule has 0 aliphatic carbocycles. The van der Waals surface area contributed by atoms with Gasteiger partial charge in [0.25, 0.3) is 0 Å². The van der Waals surface area contributed by atoms with E-state index in [-0.39, 0.29) is 12.1 Å². The Bertz CT molecular complexity index is 210. The van der Waals surface area contributed by atoms with Crippen LogP contribution >= 0.6 is 0 Å². The average Bonchev–Trinajstić information content (AvgIpc) is 2.27. The lowest BCUT2D eigenvalue weighted by Gasteiger charge is -2.25. The summed E-state index contributed by atoms with van der Waals surface area (Å²) < 4.78 is 10.7. The summed E-state index contributed by atoms with van der Waals surface area (Å²) in [6.45, 7) is 5.02. The van der Waals surface area contributed by atoms with Gasteiger partial charge in [-0.1, -0.05) is 0 Å². The van der Waals surface area contributed by atoms with Gasteiger partial charge in [0.05, 0.1) is 11.5 Å². The van der Waals surface area contributed by atoms with Gasteiger partial charge in [-0.15, -0.1) is 0 Å². The van der Waals surface area contributed by atoms with E-state index in [0.29, 0.717) is 13.2 Å². The number of nitrogens with two attached hydrogens (primary N) is 1. The van der Waals surface area contributed by atoms with Crippen molar-refractivity contribution in [1.82, 2.24) is 0 Å². The van der Waals surface area contributed by atoms with Crippen molar-refractivity contribution >= 4 is 5.97 Å². The molecule has 1 aliphatic heterocycles. The number of ether oxygens (including phenoxy) is 2. The number of carbonyl (C=O) groups is 1. The fraction of sp³-hybridized carbons (Fsp3) is 0.909. The zero-order valence-electron chi connectivity index (χ0n) is 9.62. The Hall–Kier alpha value is -0.610. The molecular weight excluding hydrogens is 194 g/mol. The summed E-state index contributed by atoms with van der Waals surface area (Å²) >= 11 is 0. The smallest absolute Gasteiger partial charge is 0.312 e. The number of carbonyl (C=O) groups excluding carboxylic acids is 1. The summed E-state index contributed by atoms with van der Waals surface area (Å²) in [5, 5.41) is 0. The van der Waals surface area contributed by atoms with E-state index >= 15 is 0 Å². The molecule has 1 heterocycles. The summed E-state index contributed by atoms with van der Waals surface area (Å²) in [5.74, 6) is -0.237. The zero-order valence-corrected chi connectivity index (χ0v) is 9.62. The van der Waals surface area contributed by atoms with Crippen LogP contribution in [0, 0.1) is 5.41 Å². The monoisotopic (exact) mass is 215 g/mol. The Labute approximate surface area is 91.1 Å². The molecule has 1 atom stereocenters. The highest BCUT2D eigenvalue weighted by Gasteiger charge is 2.28. The van der Waals surface area contributed by atoms with Crippen LogP contribution < -0.4 is 5.73 Å². The Morgan fingerprint density at radius 2 is 2.27 bits per heavy atom. The lowest BCUT2D eigenvalue weighted by Crippen LogP contribution is -2.36. The molecule has 0 amide bonds. The number of hydrogen-bond acceptors (Lipinski definition) is 4. The van der Waals surface area contributed by atoms with Crippen LogP contribution in [0.2, 0.25) is 0 Å². The highest BCUT2D eigenvalue weighted by Crippen LogP contribution is 2.17. The Morgan fingerprint density at radius 1 is 1.53 bits per heavy atom. The maximum absolute atomic E-state index is 11.6. The van der Waals surface area contributed by atoms with Crippen LogP contribution in [0.15, 0.2) is 0 Å². The van der Waals surface area contributed by atoms with Gasteiger partial charge in [0.2, 0.25) is 0 Å². The van der Waals surface area contributed by atoms with Crippen LogP contribution in [0.4, 0.5) is 0 Å². The van der Waals surface area contributed by atoms with Crippen LogP contribution in [-0.4, -0.2) is 31.8 Å². The molecule has 1 saturated heterocycles. The van der Waals surface area contributed by atoms with Gasteiger partial charge in [-0.3, -0.25) is 4.79 Å². The average molecular weight is 215 g/mol. The first-order chi connectivity index (χ1) is 7.06. The third kappa shape index (κ3) is 3.80. The van der Waals surface area contributed by atoms with Crippen molar-refractivity contribution in [3.63, 3.8) is 0 Å². The fourth-order valence-corrected chi connectivity index (χ4v) is 1.39. The van der Waals surface area contributed by atoms with Crippen molar-refractivity contribution in [3.05, 3.63) is 0 Å². The first-order valence-corrected chi connectivity index (χ1v) is 5.55. The van der Waals surface area contributed by atoms with E-state index in [1.54, 1.807) is 13.8 Å². The molecule has 15 heavy (non-hydrogen) atoms. The van der Waals surface area contributed by atoms with E-state index in [1.165, 1.54) is 0 Å². The highest BCUT2D eigenvalue weighted by atomic mass is 16.6. The predicted molar refractivity (Wildman–Crippen MR) is 57.4 cm³/mol. The van der Waals surface area contributed by atoms with E-state index in [1.807, 2.05) is 0 Å². The number of esters is 1. The molecule has 1 rings (SSSR count). The van der Waals surface area contributed by atoms with Crippen LogP contribution in [0.1, 0.15) is 33.1 Å². The van der Waals surface area contributed by atoms with E-state index in [2.05, 4.69) is 0 Å². The van der Waals surface area contributed by atoms with Gasteiger partial charge in [0, 0.05) is 13.2 Å². The van der Waals surface area contributed by atoms with Gasteiger partial charge in [-0.2, -0.15) is 0 Å². The molecule has 0 aromatic rings. The van der Waals surface area contributed by atoms with Crippen molar-refractivity contribution in [1.29, 1.82) is 0 Å². The van der Waals surface area contributed by atoms with E-state index in [0.717, 1.165) is 25.9 Å². The molecule has 1 fully saturated rings. The minimum atomic E-state index is -0.589. The second-order valence-corrected chi connectivity index (χ2v) is 4.68. The van der Waals surface area contributed by atoms with Gasteiger partial charge in [0.1, 0.15) is 6.61 Å². The Kier molecular flexibility index (Phi) is 4.54. The quantitative estimate of drug-likeness (QED) is 0.713. The van der Waals surface area contributed by atoms with Crippen molar-refractivity contribution in [2.24, 2.45) is 11.1 Å². The standard InChI is InChI=1S/C11H21NO3/c1-11(2,8-12)10(13)15-7-9-5-3-4-6-14-9/h9H,3-8,12H2,1-2H3. The molecule has 0 bridgehead atoms.